The molecule has 0 fully saturated rings. The zero-order chi connectivity index (χ0) is 13.6. The topological polar surface area (TPSA) is 75.3 Å². The summed E-state index contributed by atoms with van der Waals surface area (Å²) >= 11 is 0. The van der Waals surface area contributed by atoms with Crippen LogP contribution in [0.5, 0.6) is 0 Å². The summed E-state index contributed by atoms with van der Waals surface area (Å²) < 4.78 is 23.9. The van der Waals surface area contributed by atoms with Gasteiger partial charge in [0.1, 0.15) is 0 Å². The molecule has 5 nitrogen and oxygen atoms in total. The highest BCUT2D eigenvalue weighted by atomic mass is 32.2. The number of sulfonamides is 1. The summed E-state index contributed by atoms with van der Waals surface area (Å²) in [6.07, 6.45) is 1.20. The average molecular weight is 270 g/mol. The van der Waals surface area contributed by atoms with Crippen LogP contribution >= 0.6 is 0 Å². The van der Waals surface area contributed by atoms with E-state index in [1.165, 1.54) is 0 Å². The molecule has 0 saturated heterocycles. The van der Waals surface area contributed by atoms with E-state index in [0.29, 0.717) is 0 Å². The van der Waals surface area contributed by atoms with Crippen LogP contribution in [0.25, 0.3) is 0 Å². The SMILES string of the molecule is C[C@H](NC(=O)CCNS(C)(=O)=O)c1ccccc1. The van der Waals surface area contributed by atoms with Crippen LogP contribution in [0.4, 0.5) is 0 Å². The molecule has 0 aliphatic rings. The van der Waals surface area contributed by atoms with Gasteiger partial charge in [0.05, 0.1) is 12.3 Å². The van der Waals surface area contributed by atoms with Gasteiger partial charge < -0.3 is 5.32 Å². The molecule has 0 saturated carbocycles. The van der Waals surface area contributed by atoms with Gasteiger partial charge in [-0.1, -0.05) is 30.3 Å². The minimum Gasteiger partial charge on any atom is -0.350 e. The third kappa shape index (κ3) is 5.79. The lowest BCUT2D eigenvalue weighted by molar-refractivity contribution is -0.121. The maximum Gasteiger partial charge on any atom is 0.221 e. The summed E-state index contributed by atoms with van der Waals surface area (Å²) in [6.45, 7) is 2.00. The normalized spacial score (nSPS) is 13.0. The molecular weight excluding hydrogens is 252 g/mol. The largest absolute Gasteiger partial charge is 0.350 e. The molecule has 18 heavy (non-hydrogen) atoms. The van der Waals surface area contributed by atoms with E-state index in [1.54, 1.807) is 0 Å². The second-order valence-electron chi connectivity index (χ2n) is 4.12. The predicted molar refractivity (Wildman–Crippen MR) is 70.5 cm³/mol. The highest BCUT2D eigenvalue weighted by molar-refractivity contribution is 7.88. The van der Waals surface area contributed by atoms with Gasteiger partial charge in [0.2, 0.25) is 15.9 Å². The molecule has 0 aliphatic carbocycles. The molecule has 100 valence electrons. The molecule has 1 amide bonds. The molecule has 0 bridgehead atoms. The fraction of sp³-hybridized carbons (Fsp3) is 0.417. The van der Waals surface area contributed by atoms with Crippen LogP contribution in [-0.2, 0) is 14.8 Å². The first-order valence-electron chi connectivity index (χ1n) is 5.67. The molecule has 1 aromatic rings. The lowest BCUT2D eigenvalue weighted by Crippen LogP contribution is -2.31. The summed E-state index contributed by atoms with van der Waals surface area (Å²) in [6, 6.07) is 9.50. The van der Waals surface area contributed by atoms with E-state index >= 15 is 0 Å². The van der Waals surface area contributed by atoms with E-state index in [9.17, 15) is 13.2 Å². The first-order valence-corrected chi connectivity index (χ1v) is 7.56. The summed E-state index contributed by atoms with van der Waals surface area (Å²) in [4.78, 5) is 11.6. The van der Waals surface area contributed by atoms with Crippen LogP contribution < -0.4 is 10.0 Å². The third-order valence-electron chi connectivity index (χ3n) is 2.39. The third-order valence-corrected chi connectivity index (χ3v) is 3.12. The molecule has 6 heteroatoms. The van der Waals surface area contributed by atoms with Gasteiger partial charge in [-0.3, -0.25) is 4.79 Å². The van der Waals surface area contributed by atoms with Gasteiger partial charge in [0.15, 0.2) is 0 Å². The maximum absolute atomic E-state index is 11.6. The van der Waals surface area contributed by atoms with Gasteiger partial charge in [-0.05, 0) is 12.5 Å². The zero-order valence-electron chi connectivity index (χ0n) is 10.5. The van der Waals surface area contributed by atoms with Crippen LogP contribution in [0.1, 0.15) is 24.9 Å². The molecular formula is C12H18N2O3S. The predicted octanol–water partition coefficient (Wildman–Crippen LogP) is 0.803. The van der Waals surface area contributed by atoms with Crippen LogP contribution in [-0.4, -0.2) is 27.1 Å². The van der Waals surface area contributed by atoms with Gasteiger partial charge >= 0.3 is 0 Å². The maximum atomic E-state index is 11.6. The summed E-state index contributed by atoms with van der Waals surface area (Å²) in [5.41, 5.74) is 1.02. The van der Waals surface area contributed by atoms with Crippen molar-refractivity contribution < 1.29 is 13.2 Å². The number of hydrogen-bond donors (Lipinski definition) is 2. The number of nitrogens with one attached hydrogen (secondary N) is 2. The van der Waals surface area contributed by atoms with E-state index < -0.39 is 10.0 Å². The second kappa shape index (κ2) is 6.51. The molecule has 0 aromatic heterocycles. The quantitative estimate of drug-likeness (QED) is 0.803. The number of carbonyl (C=O) groups excluding carboxylic acids is 1. The summed E-state index contributed by atoms with van der Waals surface area (Å²) in [5.74, 6) is -0.178. The highest BCUT2D eigenvalue weighted by Gasteiger charge is 2.09. The number of benzene rings is 1. The first-order chi connectivity index (χ1) is 8.38. The second-order valence-corrected chi connectivity index (χ2v) is 5.95. The van der Waals surface area contributed by atoms with Crippen LogP contribution in [0.15, 0.2) is 30.3 Å². The Morgan fingerprint density at radius 1 is 1.28 bits per heavy atom. The van der Waals surface area contributed by atoms with Gasteiger partial charge in [0, 0.05) is 13.0 Å². The van der Waals surface area contributed by atoms with Crippen molar-refractivity contribution in [3.8, 4) is 0 Å². The number of rotatable bonds is 6. The Labute approximate surface area is 108 Å². The van der Waals surface area contributed by atoms with E-state index in [4.69, 9.17) is 0 Å². The van der Waals surface area contributed by atoms with Crippen molar-refractivity contribution in [3.63, 3.8) is 0 Å². The van der Waals surface area contributed by atoms with E-state index in [-0.39, 0.29) is 24.9 Å². The number of hydrogen-bond acceptors (Lipinski definition) is 3. The molecule has 0 aliphatic heterocycles. The molecule has 2 N–H and O–H groups in total. The van der Waals surface area contributed by atoms with E-state index in [0.717, 1.165) is 11.8 Å². The lowest BCUT2D eigenvalue weighted by atomic mass is 10.1. The van der Waals surface area contributed by atoms with Crippen LogP contribution in [0, 0.1) is 0 Å². The minimum atomic E-state index is -3.23. The van der Waals surface area contributed by atoms with Gasteiger partial charge in [-0.2, -0.15) is 0 Å². The van der Waals surface area contributed by atoms with Gasteiger partial charge in [-0.15, -0.1) is 0 Å². The molecule has 0 radical (unpaired) electrons. The monoisotopic (exact) mass is 270 g/mol. The highest BCUT2D eigenvalue weighted by Crippen LogP contribution is 2.10. The van der Waals surface area contributed by atoms with Crippen molar-refractivity contribution in [1.29, 1.82) is 0 Å². The minimum absolute atomic E-state index is 0.0862. The van der Waals surface area contributed by atoms with Crippen molar-refractivity contribution in [2.75, 3.05) is 12.8 Å². The van der Waals surface area contributed by atoms with Gasteiger partial charge in [-0.25, -0.2) is 13.1 Å². The van der Waals surface area contributed by atoms with Crippen LogP contribution in [0.3, 0.4) is 0 Å². The Balaban J connectivity index is 2.37. The summed E-state index contributed by atoms with van der Waals surface area (Å²) in [5, 5.41) is 2.81. The lowest BCUT2D eigenvalue weighted by Gasteiger charge is -2.14. The smallest absolute Gasteiger partial charge is 0.221 e. The van der Waals surface area contributed by atoms with Crippen molar-refractivity contribution in [2.24, 2.45) is 0 Å². The van der Waals surface area contributed by atoms with Gasteiger partial charge in [0.25, 0.3) is 0 Å². The Hall–Kier alpha value is -1.40. The standard InChI is InChI=1S/C12H18N2O3S/c1-10(11-6-4-3-5-7-11)14-12(15)8-9-13-18(2,16)17/h3-7,10,13H,8-9H2,1-2H3,(H,14,15)/t10-/m0/s1. The van der Waals surface area contributed by atoms with Crippen molar-refractivity contribution in [3.05, 3.63) is 35.9 Å². The molecule has 0 spiro atoms. The molecule has 0 unspecified atom stereocenters. The zero-order valence-corrected chi connectivity index (χ0v) is 11.3. The van der Waals surface area contributed by atoms with E-state index in [1.807, 2.05) is 37.3 Å². The summed E-state index contributed by atoms with van der Waals surface area (Å²) in [7, 11) is -3.23. The molecule has 1 atom stereocenters. The molecule has 0 heterocycles. The Morgan fingerprint density at radius 3 is 2.44 bits per heavy atom. The molecule has 1 rings (SSSR count). The Bertz CT molecular complexity index is 485. The van der Waals surface area contributed by atoms with E-state index in [2.05, 4.69) is 10.0 Å². The van der Waals surface area contributed by atoms with Crippen LogP contribution in [0.2, 0.25) is 0 Å². The fourth-order valence-electron chi connectivity index (χ4n) is 1.49. The fourth-order valence-corrected chi connectivity index (χ4v) is 1.96. The Kier molecular flexibility index (Phi) is 5.30. The Morgan fingerprint density at radius 2 is 1.89 bits per heavy atom. The first kappa shape index (κ1) is 14.7. The average Bonchev–Trinajstić information content (AvgIpc) is 2.28. The van der Waals surface area contributed by atoms with Crippen molar-refractivity contribution in [2.45, 2.75) is 19.4 Å². The number of amides is 1. The number of carbonyl (C=O) groups is 1. The van der Waals surface area contributed by atoms with Crippen molar-refractivity contribution in [1.82, 2.24) is 10.0 Å². The molecule has 1 aromatic carbocycles. The van der Waals surface area contributed by atoms with Crippen molar-refractivity contribution >= 4 is 15.9 Å².